The summed E-state index contributed by atoms with van der Waals surface area (Å²) in [7, 11) is -3.34. The van der Waals surface area contributed by atoms with Gasteiger partial charge in [-0.1, -0.05) is 13.3 Å². The van der Waals surface area contributed by atoms with Crippen molar-refractivity contribution in [2.24, 2.45) is 0 Å². The first-order chi connectivity index (χ1) is 13.4. The maximum atomic E-state index is 12.5. The van der Waals surface area contributed by atoms with Crippen molar-refractivity contribution in [3.8, 4) is 11.5 Å². The highest BCUT2D eigenvalue weighted by molar-refractivity contribution is 7.93. The average Bonchev–Trinajstić information content (AvgIpc) is 3.03. The van der Waals surface area contributed by atoms with Crippen LogP contribution in [0.4, 0.5) is 11.4 Å². The lowest BCUT2D eigenvalue weighted by Crippen LogP contribution is -2.25. The predicted octanol–water partition coefficient (Wildman–Crippen LogP) is 3.36. The van der Waals surface area contributed by atoms with Gasteiger partial charge in [0.15, 0.2) is 0 Å². The minimum absolute atomic E-state index is 0.0994. The first kappa shape index (κ1) is 20.0. The van der Waals surface area contributed by atoms with E-state index in [9.17, 15) is 18.3 Å². The van der Waals surface area contributed by atoms with E-state index in [0.717, 1.165) is 12.8 Å². The second-order valence-electron chi connectivity index (χ2n) is 6.62. The topological polar surface area (TPSA) is 95.9 Å². The van der Waals surface area contributed by atoms with Crippen molar-refractivity contribution >= 4 is 27.3 Å². The van der Waals surface area contributed by atoms with Crippen LogP contribution in [-0.4, -0.2) is 38.3 Å². The molecule has 0 aliphatic carbocycles. The summed E-state index contributed by atoms with van der Waals surface area (Å²) in [6.45, 7) is 3.10. The smallest absolute Gasteiger partial charge is 0.255 e. The third kappa shape index (κ3) is 4.56. The summed E-state index contributed by atoms with van der Waals surface area (Å²) >= 11 is 0. The molecule has 8 heteroatoms. The summed E-state index contributed by atoms with van der Waals surface area (Å²) in [4.78, 5) is 12.5. The highest BCUT2D eigenvalue weighted by Gasteiger charge is 2.29. The summed E-state index contributed by atoms with van der Waals surface area (Å²) in [5, 5.41) is 12.7. The largest absolute Gasteiger partial charge is 0.506 e. The number of sulfonamides is 1. The van der Waals surface area contributed by atoms with Crippen molar-refractivity contribution in [1.82, 2.24) is 0 Å². The number of ether oxygens (including phenoxy) is 1. The molecule has 2 aromatic rings. The van der Waals surface area contributed by atoms with Crippen LogP contribution < -0.4 is 14.4 Å². The van der Waals surface area contributed by atoms with Gasteiger partial charge in [0, 0.05) is 12.1 Å². The monoisotopic (exact) mass is 404 g/mol. The fourth-order valence-corrected chi connectivity index (χ4v) is 4.50. The van der Waals surface area contributed by atoms with Crippen molar-refractivity contribution in [1.29, 1.82) is 0 Å². The van der Waals surface area contributed by atoms with Crippen LogP contribution in [0.25, 0.3) is 0 Å². The maximum absolute atomic E-state index is 12.5. The molecule has 1 aliphatic rings. The maximum Gasteiger partial charge on any atom is 0.255 e. The number of hydrogen-bond donors (Lipinski definition) is 2. The van der Waals surface area contributed by atoms with Crippen LogP contribution in [0.2, 0.25) is 0 Å². The van der Waals surface area contributed by atoms with Gasteiger partial charge in [-0.2, -0.15) is 0 Å². The van der Waals surface area contributed by atoms with Gasteiger partial charge in [-0.15, -0.1) is 0 Å². The van der Waals surface area contributed by atoms with Crippen molar-refractivity contribution in [2.45, 2.75) is 26.2 Å². The fourth-order valence-electron chi connectivity index (χ4n) is 2.94. The van der Waals surface area contributed by atoms with E-state index in [1.54, 1.807) is 24.3 Å². The van der Waals surface area contributed by atoms with Gasteiger partial charge < -0.3 is 15.2 Å². The molecule has 2 N–H and O–H groups in total. The quantitative estimate of drug-likeness (QED) is 0.545. The molecule has 3 rings (SSSR count). The van der Waals surface area contributed by atoms with Crippen LogP contribution in [0.3, 0.4) is 0 Å². The normalized spacial score (nSPS) is 15.4. The number of amides is 1. The van der Waals surface area contributed by atoms with Crippen molar-refractivity contribution in [2.75, 3.05) is 28.5 Å². The van der Waals surface area contributed by atoms with Crippen LogP contribution in [0.5, 0.6) is 11.5 Å². The van der Waals surface area contributed by atoms with Crippen LogP contribution in [-0.2, 0) is 10.0 Å². The molecule has 150 valence electrons. The van der Waals surface area contributed by atoms with E-state index >= 15 is 0 Å². The molecule has 1 saturated heterocycles. The summed E-state index contributed by atoms with van der Waals surface area (Å²) < 4.78 is 31.1. The third-order valence-corrected chi connectivity index (χ3v) is 6.37. The Hall–Kier alpha value is -2.74. The van der Waals surface area contributed by atoms with Crippen molar-refractivity contribution < 1.29 is 23.1 Å². The van der Waals surface area contributed by atoms with Gasteiger partial charge in [-0.3, -0.25) is 9.10 Å². The Morgan fingerprint density at radius 1 is 1.21 bits per heavy atom. The molecule has 0 aromatic heterocycles. The number of unbranched alkanes of at least 4 members (excludes halogenated alkanes) is 1. The number of rotatable bonds is 7. The molecule has 1 fully saturated rings. The first-order valence-corrected chi connectivity index (χ1v) is 10.9. The Kier molecular flexibility index (Phi) is 6.08. The molecule has 0 saturated carbocycles. The molecular weight excluding hydrogens is 380 g/mol. The molecular formula is C20H24N2O5S. The van der Waals surface area contributed by atoms with Crippen LogP contribution in [0.15, 0.2) is 42.5 Å². The number of phenols is 1. The fraction of sp³-hybridized carbons (Fsp3) is 0.350. The first-order valence-electron chi connectivity index (χ1n) is 9.28. The number of carbonyl (C=O) groups is 1. The second-order valence-corrected chi connectivity index (χ2v) is 8.64. The number of hydrogen-bond acceptors (Lipinski definition) is 5. The molecule has 0 unspecified atom stereocenters. The van der Waals surface area contributed by atoms with Crippen LogP contribution in [0, 0.1) is 0 Å². The summed E-state index contributed by atoms with van der Waals surface area (Å²) in [6, 6.07) is 11.1. The standard InChI is InChI=1S/C20H24N2O5S/c1-2-3-12-27-17-8-5-15(6-9-17)20(24)21-18-14-16(7-10-19(18)23)22-11-4-13-28(22,25)26/h5-10,14,23H,2-4,11-13H2,1H3,(H,21,24). The van der Waals surface area contributed by atoms with E-state index in [0.29, 0.717) is 36.6 Å². The SMILES string of the molecule is CCCCOc1ccc(C(=O)Nc2cc(N3CCCS3(=O)=O)ccc2O)cc1. The zero-order valence-corrected chi connectivity index (χ0v) is 16.5. The molecule has 0 bridgehead atoms. The lowest BCUT2D eigenvalue weighted by molar-refractivity contribution is 0.102. The lowest BCUT2D eigenvalue weighted by Gasteiger charge is -2.18. The Morgan fingerprint density at radius 2 is 1.96 bits per heavy atom. The van der Waals surface area contributed by atoms with Gasteiger partial charge in [-0.25, -0.2) is 8.42 Å². The molecule has 1 amide bonds. The molecule has 28 heavy (non-hydrogen) atoms. The van der Waals surface area contributed by atoms with Crippen LogP contribution in [0.1, 0.15) is 36.5 Å². The Labute approximate surface area is 165 Å². The molecule has 1 heterocycles. The highest BCUT2D eigenvalue weighted by Crippen LogP contribution is 2.32. The van der Waals surface area contributed by atoms with E-state index < -0.39 is 15.9 Å². The average molecular weight is 404 g/mol. The number of nitrogens with one attached hydrogen (secondary N) is 1. The van der Waals surface area contributed by atoms with Gasteiger partial charge >= 0.3 is 0 Å². The Balaban J connectivity index is 1.72. The van der Waals surface area contributed by atoms with Gasteiger partial charge in [0.1, 0.15) is 11.5 Å². The molecule has 2 aromatic carbocycles. The second kappa shape index (κ2) is 8.52. The molecule has 7 nitrogen and oxygen atoms in total. The van der Waals surface area contributed by atoms with E-state index in [1.807, 2.05) is 0 Å². The van der Waals surface area contributed by atoms with E-state index in [4.69, 9.17) is 4.74 Å². The third-order valence-electron chi connectivity index (χ3n) is 4.50. The molecule has 1 aliphatic heterocycles. The Morgan fingerprint density at radius 3 is 2.61 bits per heavy atom. The Bertz CT molecular complexity index is 942. The van der Waals surface area contributed by atoms with Crippen molar-refractivity contribution in [3.05, 3.63) is 48.0 Å². The zero-order chi connectivity index (χ0) is 20.1. The number of nitrogens with zero attached hydrogens (tertiary/aromatic N) is 1. The minimum atomic E-state index is -3.34. The van der Waals surface area contributed by atoms with E-state index in [-0.39, 0.29) is 17.2 Å². The number of benzene rings is 2. The van der Waals surface area contributed by atoms with Crippen LogP contribution >= 0.6 is 0 Å². The van der Waals surface area contributed by atoms with Gasteiger partial charge in [0.25, 0.3) is 5.91 Å². The number of aromatic hydroxyl groups is 1. The van der Waals surface area contributed by atoms with Crippen molar-refractivity contribution in [3.63, 3.8) is 0 Å². The predicted molar refractivity (Wildman–Crippen MR) is 109 cm³/mol. The summed E-state index contributed by atoms with van der Waals surface area (Å²) in [5.74, 6) is 0.251. The van der Waals surface area contributed by atoms with Gasteiger partial charge in [0.05, 0.1) is 23.7 Å². The number of anilines is 2. The van der Waals surface area contributed by atoms with Gasteiger partial charge in [-0.05, 0) is 55.3 Å². The summed E-state index contributed by atoms with van der Waals surface area (Å²) in [6.07, 6.45) is 2.56. The number of phenolic OH excluding ortho intramolecular Hbond substituents is 1. The zero-order valence-electron chi connectivity index (χ0n) is 15.7. The van der Waals surface area contributed by atoms with E-state index in [2.05, 4.69) is 12.2 Å². The number of carbonyl (C=O) groups excluding carboxylic acids is 1. The van der Waals surface area contributed by atoms with E-state index in [1.165, 1.54) is 22.5 Å². The molecule has 0 radical (unpaired) electrons. The van der Waals surface area contributed by atoms with Gasteiger partial charge in [0.2, 0.25) is 10.0 Å². The molecule has 0 atom stereocenters. The molecule has 0 spiro atoms. The summed E-state index contributed by atoms with van der Waals surface area (Å²) in [5.41, 5.74) is 0.986. The highest BCUT2D eigenvalue weighted by atomic mass is 32.2. The minimum Gasteiger partial charge on any atom is -0.506 e. The lowest BCUT2D eigenvalue weighted by atomic mass is 10.2.